The van der Waals surface area contributed by atoms with Gasteiger partial charge in [-0.15, -0.1) is 0 Å². The van der Waals surface area contributed by atoms with Gasteiger partial charge in [0.1, 0.15) is 5.69 Å². The first-order chi connectivity index (χ1) is 8.72. The van der Waals surface area contributed by atoms with Gasteiger partial charge in [-0.05, 0) is 32.5 Å². The highest BCUT2D eigenvalue weighted by atomic mass is 16.5. The normalized spacial score (nSPS) is 12.6. The van der Waals surface area contributed by atoms with Crippen LogP contribution in [0.5, 0.6) is 0 Å². The molecule has 2 heterocycles. The lowest BCUT2D eigenvalue weighted by Gasteiger charge is -2.09. The van der Waals surface area contributed by atoms with Crippen LogP contribution in [0.25, 0.3) is 11.5 Å². The van der Waals surface area contributed by atoms with Crippen molar-refractivity contribution in [3.8, 4) is 11.5 Å². The quantitative estimate of drug-likeness (QED) is 0.874. The maximum Gasteiger partial charge on any atom is 0.228 e. The number of hydrogen-bond acceptors (Lipinski definition) is 5. The summed E-state index contributed by atoms with van der Waals surface area (Å²) in [5.41, 5.74) is 1.70. The van der Waals surface area contributed by atoms with Gasteiger partial charge in [-0.1, -0.05) is 18.1 Å². The van der Waals surface area contributed by atoms with E-state index in [1.165, 1.54) is 0 Å². The third kappa shape index (κ3) is 2.92. The van der Waals surface area contributed by atoms with Gasteiger partial charge in [-0.3, -0.25) is 0 Å². The van der Waals surface area contributed by atoms with Gasteiger partial charge in [0.2, 0.25) is 11.7 Å². The second-order valence-electron chi connectivity index (χ2n) is 4.27. The Labute approximate surface area is 107 Å². The van der Waals surface area contributed by atoms with Crippen molar-refractivity contribution in [3.63, 3.8) is 0 Å². The van der Waals surface area contributed by atoms with Crippen LogP contribution < -0.4 is 5.32 Å². The average Bonchev–Trinajstić information content (AvgIpc) is 2.84. The van der Waals surface area contributed by atoms with E-state index in [9.17, 15) is 0 Å². The summed E-state index contributed by atoms with van der Waals surface area (Å²) in [5.74, 6) is 1.20. The van der Waals surface area contributed by atoms with Crippen LogP contribution in [0.4, 0.5) is 0 Å². The summed E-state index contributed by atoms with van der Waals surface area (Å²) in [6, 6.07) is 6.13. The molecule has 0 spiro atoms. The molecule has 0 radical (unpaired) electrons. The van der Waals surface area contributed by atoms with Crippen molar-refractivity contribution in [1.29, 1.82) is 0 Å². The lowest BCUT2D eigenvalue weighted by molar-refractivity contribution is 0.359. The van der Waals surface area contributed by atoms with Crippen LogP contribution in [0, 0.1) is 6.92 Å². The van der Waals surface area contributed by atoms with Crippen LogP contribution >= 0.6 is 0 Å². The molecule has 1 unspecified atom stereocenters. The monoisotopic (exact) mass is 246 g/mol. The predicted octanol–water partition coefficient (Wildman–Crippen LogP) is 1.98. The van der Waals surface area contributed by atoms with Crippen LogP contribution in [0.2, 0.25) is 0 Å². The molecule has 96 valence electrons. The number of hydrogen-bond donors (Lipinski definition) is 1. The maximum absolute atomic E-state index is 5.25. The minimum atomic E-state index is 0.365. The summed E-state index contributed by atoms with van der Waals surface area (Å²) >= 11 is 0. The number of nitrogens with zero attached hydrogens (tertiary/aromatic N) is 3. The first-order valence-corrected chi connectivity index (χ1v) is 6.16. The van der Waals surface area contributed by atoms with Gasteiger partial charge in [-0.25, -0.2) is 4.98 Å². The van der Waals surface area contributed by atoms with Crippen molar-refractivity contribution < 1.29 is 4.52 Å². The molecule has 1 atom stereocenters. The van der Waals surface area contributed by atoms with E-state index in [0.717, 1.165) is 24.2 Å². The number of pyridine rings is 1. The fraction of sp³-hybridized carbons (Fsp3) is 0.462. The standard InChI is InChI=1S/C13H18N4O/c1-4-10(14-3)8-12-16-13(17-18-12)11-7-5-6-9(2)15-11/h5-7,10,14H,4,8H2,1-3H3. The van der Waals surface area contributed by atoms with Crippen LogP contribution in [0.1, 0.15) is 24.9 Å². The molecule has 0 aromatic carbocycles. The molecule has 2 aromatic rings. The topological polar surface area (TPSA) is 63.8 Å². The molecule has 2 rings (SSSR count). The van der Waals surface area contributed by atoms with E-state index < -0.39 is 0 Å². The van der Waals surface area contributed by atoms with Gasteiger partial charge in [-0.2, -0.15) is 4.98 Å². The summed E-state index contributed by atoms with van der Waals surface area (Å²) in [6.07, 6.45) is 1.77. The van der Waals surface area contributed by atoms with E-state index in [4.69, 9.17) is 4.52 Å². The molecule has 5 nitrogen and oxygen atoms in total. The molecule has 0 saturated heterocycles. The van der Waals surface area contributed by atoms with Crippen molar-refractivity contribution in [2.45, 2.75) is 32.7 Å². The maximum atomic E-state index is 5.25. The molecule has 2 aromatic heterocycles. The zero-order valence-electron chi connectivity index (χ0n) is 11.0. The molecule has 0 amide bonds. The molecule has 1 N–H and O–H groups in total. The number of rotatable bonds is 5. The van der Waals surface area contributed by atoms with E-state index >= 15 is 0 Å². The zero-order valence-corrected chi connectivity index (χ0v) is 11.0. The minimum Gasteiger partial charge on any atom is -0.339 e. The SMILES string of the molecule is CCC(Cc1nc(-c2cccc(C)n2)no1)NC. The third-order valence-corrected chi connectivity index (χ3v) is 2.91. The molecule has 0 saturated carbocycles. The summed E-state index contributed by atoms with van der Waals surface area (Å²) in [7, 11) is 1.94. The second kappa shape index (κ2) is 5.73. The molecule has 0 fully saturated rings. The first kappa shape index (κ1) is 12.7. The Morgan fingerprint density at radius 2 is 2.17 bits per heavy atom. The van der Waals surface area contributed by atoms with Gasteiger partial charge in [0, 0.05) is 18.2 Å². The van der Waals surface area contributed by atoms with Crippen LogP contribution in [0.3, 0.4) is 0 Å². The highest BCUT2D eigenvalue weighted by Gasteiger charge is 2.13. The van der Waals surface area contributed by atoms with E-state index in [-0.39, 0.29) is 0 Å². The Hall–Kier alpha value is -1.75. The van der Waals surface area contributed by atoms with Gasteiger partial charge < -0.3 is 9.84 Å². The van der Waals surface area contributed by atoms with Crippen LogP contribution in [0.15, 0.2) is 22.7 Å². The van der Waals surface area contributed by atoms with E-state index in [0.29, 0.717) is 17.8 Å². The molecular weight excluding hydrogens is 228 g/mol. The number of aromatic nitrogens is 3. The molecule has 0 aliphatic heterocycles. The van der Waals surface area contributed by atoms with Crippen molar-refractivity contribution in [1.82, 2.24) is 20.4 Å². The number of likely N-dealkylation sites (N-methyl/N-ethyl adjacent to an activating group) is 1. The molecule has 0 aliphatic rings. The molecular formula is C13H18N4O. The lowest BCUT2D eigenvalue weighted by Crippen LogP contribution is -2.26. The van der Waals surface area contributed by atoms with Crippen molar-refractivity contribution in [2.24, 2.45) is 0 Å². The first-order valence-electron chi connectivity index (χ1n) is 6.16. The summed E-state index contributed by atoms with van der Waals surface area (Å²) < 4.78 is 5.25. The van der Waals surface area contributed by atoms with Crippen LogP contribution in [-0.4, -0.2) is 28.2 Å². The largest absolute Gasteiger partial charge is 0.339 e. The molecule has 18 heavy (non-hydrogen) atoms. The Balaban J connectivity index is 2.15. The Morgan fingerprint density at radius 3 is 2.83 bits per heavy atom. The van der Waals surface area contributed by atoms with E-state index in [1.807, 2.05) is 32.2 Å². The summed E-state index contributed by atoms with van der Waals surface area (Å²) in [6.45, 7) is 4.07. The Bertz CT molecular complexity index is 505. The number of nitrogens with one attached hydrogen (secondary N) is 1. The second-order valence-corrected chi connectivity index (χ2v) is 4.27. The number of aryl methyl sites for hydroxylation is 1. The van der Waals surface area contributed by atoms with Crippen molar-refractivity contribution >= 4 is 0 Å². The van der Waals surface area contributed by atoms with Crippen molar-refractivity contribution in [2.75, 3.05) is 7.05 Å². The van der Waals surface area contributed by atoms with E-state index in [2.05, 4.69) is 27.4 Å². The average molecular weight is 246 g/mol. The van der Waals surface area contributed by atoms with Gasteiger partial charge in [0.25, 0.3) is 0 Å². The van der Waals surface area contributed by atoms with Gasteiger partial charge in [0.15, 0.2) is 0 Å². The highest BCUT2D eigenvalue weighted by Crippen LogP contribution is 2.14. The predicted molar refractivity (Wildman–Crippen MR) is 69.1 cm³/mol. The summed E-state index contributed by atoms with van der Waals surface area (Å²) in [5, 5.41) is 7.19. The summed E-state index contributed by atoms with van der Waals surface area (Å²) in [4.78, 5) is 8.75. The van der Waals surface area contributed by atoms with E-state index in [1.54, 1.807) is 0 Å². The fourth-order valence-corrected chi connectivity index (χ4v) is 1.77. The van der Waals surface area contributed by atoms with Crippen molar-refractivity contribution in [3.05, 3.63) is 29.8 Å². The molecule has 0 aliphatic carbocycles. The van der Waals surface area contributed by atoms with Crippen LogP contribution in [-0.2, 0) is 6.42 Å². The minimum absolute atomic E-state index is 0.365. The third-order valence-electron chi connectivity index (χ3n) is 2.91. The van der Waals surface area contributed by atoms with Gasteiger partial charge >= 0.3 is 0 Å². The zero-order chi connectivity index (χ0) is 13.0. The smallest absolute Gasteiger partial charge is 0.228 e. The molecule has 0 bridgehead atoms. The highest BCUT2D eigenvalue weighted by molar-refractivity contribution is 5.47. The lowest BCUT2D eigenvalue weighted by atomic mass is 10.1. The Morgan fingerprint density at radius 1 is 1.33 bits per heavy atom. The Kier molecular flexibility index (Phi) is 4.04. The molecule has 5 heteroatoms. The van der Waals surface area contributed by atoms with Gasteiger partial charge in [0.05, 0.1) is 0 Å². The fourth-order valence-electron chi connectivity index (χ4n) is 1.77.